The van der Waals surface area contributed by atoms with E-state index in [1.165, 1.54) is 0 Å². The molecular formula is C4H8CuFeMnN2S4Zn. The maximum Gasteiger partial charge on any atom is 0.130 e. The Hall–Kier alpha value is 2.66. The van der Waals surface area contributed by atoms with Gasteiger partial charge in [-0.15, -0.1) is 25.3 Å². The van der Waals surface area contributed by atoms with E-state index in [4.69, 9.17) is 0 Å². The second kappa shape index (κ2) is 21.0. The van der Waals surface area contributed by atoms with Crippen molar-refractivity contribution >= 4 is 58.3 Å². The zero-order valence-corrected chi connectivity index (χ0v) is 16.5. The van der Waals surface area contributed by atoms with Gasteiger partial charge in [0, 0.05) is 83.8 Å². The SMILES string of the molecule is S=C(S)NCCNC(=S)S.[Cu].[Fe].[Mn].[Zn]. The van der Waals surface area contributed by atoms with Crippen LogP contribution in [0.5, 0.6) is 0 Å². The van der Waals surface area contributed by atoms with Gasteiger partial charge >= 0.3 is 0 Å². The van der Waals surface area contributed by atoms with E-state index in [9.17, 15) is 0 Å². The molecular weight excluding hydrogens is 444 g/mol. The standard InChI is InChI=1S/C4H8N2S4.Cu.Fe.Mn.Zn/c7-3(8)5-1-2-6-4(9)10;;;;/h1-2H2,(H2,5,7,8)(H2,6,9,10);;;;. The minimum absolute atomic E-state index is 0. The van der Waals surface area contributed by atoms with Gasteiger partial charge in [0.05, 0.1) is 0 Å². The van der Waals surface area contributed by atoms with Crippen LogP contribution in [0.25, 0.3) is 0 Å². The monoisotopic (exact) mass is 450 g/mol. The fourth-order valence-corrected chi connectivity index (χ4v) is 0.767. The van der Waals surface area contributed by atoms with Gasteiger partial charge in [0.25, 0.3) is 0 Å². The van der Waals surface area contributed by atoms with E-state index < -0.39 is 0 Å². The molecule has 0 aromatic carbocycles. The summed E-state index contributed by atoms with van der Waals surface area (Å²) in [4.78, 5) is 0. The zero-order valence-electron chi connectivity index (χ0n) is 6.87. The predicted octanol–water partition coefficient (Wildman–Crippen LogP) is 0.585. The first-order chi connectivity index (χ1) is 4.63. The summed E-state index contributed by atoms with van der Waals surface area (Å²) in [5, 5.41) is 5.68. The molecule has 0 aliphatic rings. The van der Waals surface area contributed by atoms with Crippen LogP contribution >= 0.6 is 49.7 Å². The average Bonchev–Trinajstić information content (AvgIpc) is 1.79. The van der Waals surface area contributed by atoms with Crippen molar-refractivity contribution in [2.45, 2.75) is 0 Å². The summed E-state index contributed by atoms with van der Waals surface area (Å²) in [7, 11) is 0. The van der Waals surface area contributed by atoms with Gasteiger partial charge in [-0.1, -0.05) is 24.4 Å². The van der Waals surface area contributed by atoms with Crippen molar-refractivity contribution in [1.82, 2.24) is 10.6 Å². The van der Waals surface area contributed by atoms with Gasteiger partial charge in [-0.2, -0.15) is 0 Å². The third kappa shape index (κ3) is 29.3. The van der Waals surface area contributed by atoms with E-state index in [0.717, 1.165) is 0 Å². The summed E-state index contributed by atoms with van der Waals surface area (Å²) >= 11 is 17.0. The number of rotatable bonds is 3. The first kappa shape index (κ1) is 30.1. The van der Waals surface area contributed by atoms with Crippen LogP contribution in [-0.2, 0) is 70.7 Å². The average molecular weight is 452 g/mol. The van der Waals surface area contributed by atoms with E-state index in [0.29, 0.717) is 21.7 Å². The van der Waals surface area contributed by atoms with E-state index in [-0.39, 0.29) is 70.7 Å². The van der Waals surface area contributed by atoms with Crippen molar-refractivity contribution < 1.29 is 70.7 Å². The molecule has 0 heterocycles. The molecule has 0 aromatic heterocycles. The molecule has 0 rings (SSSR count). The topological polar surface area (TPSA) is 24.1 Å². The molecule has 0 saturated heterocycles. The third-order valence-corrected chi connectivity index (χ3v) is 1.28. The van der Waals surface area contributed by atoms with Gasteiger partial charge in [0.2, 0.25) is 0 Å². The molecule has 10 heteroatoms. The van der Waals surface area contributed by atoms with Crippen LogP contribution in [0.1, 0.15) is 0 Å². The Morgan fingerprint density at radius 2 is 1.21 bits per heavy atom. The summed E-state index contributed by atoms with van der Waals surface area (Å²) in [5.41, 5.74) is 0. The van der Waals surface area contributed by atoms with Gasteiger partial charge in [0.15, 0.2) is 0 Å². The molecule has 0 fully saturated rings. The Kier molecular flexibility index (Phi) is 45.1. The van der Waals surface area contributed by atoms with E-state index in [2.05, 4.69) is 60.3 Å². The molecule has 14 heavy (non-hydrogen) atoms. The summed E-state index contributed by atoms with van der Waals surface area (Å²) in [6, 6.07) is 0. The molecule has 0 spiro atoms. The predicted molar refractivity (Wildman–Crippen MR) is 59.2 cm³/mol. The number of hydrogen-bond acceptors (Lipinski definition) is 2. The summed E-state index contributed by atoms with van der Waals surface area (Å²) < 4.78 is 0.985. The Morgan fingerprint density at radius 3 is 1.36 bits per heavy atom. The molecule has 0 unspecified atom stereocenters. The van der Waals surface area contributed by atoms with Gasteiger partial charge in [-0.05, 0) is 0 Å². The van der Waals surface area contributed by atoms with Crippen molar-refractivity contribution in [2.24, 2.45) is 0 Å². The van der Waals surface area contributed by atoms with Gasteiger partial charge in [0.1, 0.15) is 8.64 Å². The molecule has 2 radical (unpaired) electrons. The minimum atomic E-state index is 0. The molecule has 86 valence electrons. The van der Waals surface area contributed by atoms with Crippen LogP contribution < -0.4 is 10.6 Å². The number of hydrogen-bond donors (Lipinski definition) is 4. The second-order valence-corrected chi connectivity index (χ2v) is 3.78. The number of thiocarbonyl (C=S) groups is 2. The molecule has 2 nitrogen and oxygen atoms in total. The molecule has 0 atom stereocenters. The number of nitrogens with one attached hydrogen (secondary N) is 2. The molecule has 0 saturated carbocycles. The molecule has 0 amide bonds. The first-order valence-corrected chi connectivity index (χ1v) is 4.27. The van der Waals surface area contributed by atoms with Crippen molar-refractivity contribution in [3.8, 4) is 0 Å². The van der Waals surface area contributed by atoms with E-state index in [1.807, 2.05) is 0 Å². The smallest absolute Gasteiger partial charge is 0.130 e. The Morgan fingerprint density at radius 1 is 1.00 bits per heavy atom. The van der Waals surface area contributed by atoms with E-state index in [1.54, 1.807) is 0 Å². The van der Waals surface area contributed by atoms with Crippen molar-refractivity contribution in [3.63, 3.8) is 0 Å². The van der Waals surface area contributed by atoms with E-state index >= 15 is 0 Å². The van der Waals surface area contributed by atoms with Crippen LogP contribution in [0.2, 0.25) is 0 Å². The van der Waals surface area contributed by atoms with Crippen molar-refractivity contribution in [2.75, 3.05) is 13.1 Å². The zero-order chi connectivity index (χ0) is 7.98. The summed E-state index contributed by atoms with van der Waals surface area (Å²) in [6.45, 7) is 1.42. The van der Waals surface area contributed by atoms with Crippen LogP contribution in [0, 0.1) is 0 Å². The maximum atomic E-state index is 4.65. The van der Waals surface area contributed by atoms with Gasteiger partial charge < -0.3 is 10.6 Å². The van der Waals surface area contributed by atoms with Crippen LogP contribution in [0.15, 0.2) is 0 Å². The van der Waals surface area contributed by atoms with Crippen LogP contribution in [0.4, 0.5) is 0 Å². The molecule has 0 aliphatic carbocycles. The largest absolute Gasteiger partial charge is 0.369 e. The minimum Gasteiger partial charge on any atom is -0.369 e. The Labute approximate surface area is 151 Å². The second-order valence-electron chi connectivity index (χ2n) is 1.46. The fourth-order valence-electron chi connectivity index (χ4n) is 0.339. The van der Waals surface area contributed by atoms with Gasteiger partial charge in [-0.25, -0.2) is 0 Å². The molecule has 0 aliphatic heterocycles. The fraction of sp³-hybridized carbons (Fsp3) is 0.500. The van der Waals surface area contributed by atoms with Gasteiger partial charge in [-0.3, -0.25) is 0 Å². The van der Waals surface area contributed by atoms with Crippen LogP contribution in [-0.4, -0.2) is 21.7 Å². The number of thiol groups is 2. The van der Waals surface area contributed by atoms with Crippen LogP contribution in [0.3, 0.4) is 0 Å². The quantitative estimate of drug-likeness (QED) is 0.218. The maximum absolute atomic E-state index is 4.65. The van der Waals surface area contributed by atoms with Crippen molar-refractivity contribution in [3.05, 3.63) is 0 Å². The first-order valence-electron chi connectivity index (χ1n) is 2.56. The third-order valence-electron chi connectivity index (χ3n) is 0.677. The molecule has 0 aromatic rings. The normalized spacial score (nSPS) is 6.14. The Bertz CT molecular complexity index is 139. The molecule has 2 N–H and O–H groups in total. The van der Waals surface area contributed by atoms with Crippen molar-refractivity contribution in [1.29, 1.82) is 0 Å². The summed E-state index contributed by atoms with van der Waals surface area (Å²) in [5.74, 6) is 0. The molecule has 0 bridgehead atoms. The summed E-state index contributed by atoms with van der Waals surface area (Å²) in [6.07, 6.45) is 0. The Balaban J connectivity index is -0.0000000675.